The van der Waals surface area contributed by atoms with E-state index in [-0.39, 0.29) is 24.0 Å². The SMILES string of the molecule is COc1ccc(C(C)=O)cc1CSCC(=O)OCC(=O)NCC(=O)N(C)C. The molecule has 0 aliphatic heterocycles. The lowest BCUT2D eigenvalue weighted by Crippen LogP contribution is -2.38. The second-order valence-electron chi connectivity index (χ2n) is 5.80. The number of rotatable bonds is 10. The number of thioether (sulfide) groups is 1. The molecule has 0 fully saturated rings. The highest BCUT2D eigenvalue weighted by Gasteiger charge is 2.12. The van der Waals surface area contributed by atoms with Crippen molar-refractivity contribution in [3.63, 3.8) is 0 Å². The Morgan fingerprint density at radius 2 is 1.89 bits per heavy atom. The summed E-state index contributed by atoms with van der Waals surface area (Å²) >= 11 is 1.28. The van der Waals surface area contributed by atoms with E-state index in [4.69, 9.17) is 9.47 Å². The number of Topliss-reactive ketones (excluding diaryl/α,β-unsaturated/α-hetero) is 1. The minimum Gasteiger partial charge on any atom is -0.496 e. The molecule has 0 heterocycles. The van der Waals surface area contributed by atoms with Crippen molar-refractivity contribution in [3.8, 4) is 5.75 Å². The molecular weight excluding hydrogens is 372 g/mol. The maximum absolute atomic E-state index is 11.7. The first-order chi connectivity index (χ1) is 12.7. The van der Waals surface area contributed by atoms with Crippen molar-refractivity contribution in [1.29, 1.82) is 0 Å². The van der Waals surface area contributed by atoms with Crippen molar-refractivity contribution in [3.05, 3.63) is 29.3 Å². The van der Waals surface area contributed by atoms with Gasteiger partial charge in [-0.1, -0.05) is 0 Å². The number of esters is 1. The van der Waals surface area contributed by atoms with Crippen LogP contribution in [0.25, 0.3) is 0 Å². The molecule has 0 aliphatic rings. The zero-order chi connectivity index (χ0) is 20.4. The molecule has 1 aromatic carbocycles. The monoisotopic (exact) mass is 396 g/mol. The lowest BCUT2D eigenvalue weighted by atomic mass is 10.1. The molecule has 0 aromatic heterocycles. The second kappa shape index (κ2) is 11.2. The Labute approximate surface area is 162 Å². The van der Waals surface area contributed by atoms with E-state index in [1.807, 2.05) is 0 Å². The summed E-state index contributed by atoms with van der Waals surface area (Å²) in [7, 11) is 4.69. The zero-order valence-electron chi connectivity index (χ0n) is 15.9. The molecule has 0 aliphatic carbocycles. The maximum Gasteiger partial charge on any atom is 0.316 e. The van der Waals surface area contributed by atoms with Crippen molar-refractivity contribution in [1.82, 2.24) is 10.2 Å². The number of nitrogens with zero attached hydrogens (tertiary/aromatic N) is 1. The highest BCUT2D eigenvalue weighted by molar-refractivity contribution is 7.99. The molecule has 0 spiro atoms. The van der Waals surface area contributed by atoms with Crippen LogP contribution < -0.4 is 10.1 Å². The average molecular weight is 396 g/mol. The van der Waals surface area contributed by atoms with Gasteiger partial charge in [0.1, 0.15) is 5.75 Å². The third-order valence-electron chi connectivity index (χ3n) is 3.46. The molecule has 148 valence electrons. The largest absolute Gasteiger partial charge is 0.496 e. The van der Waals surface area contributed by atoms with Crippen LogP contribution in [0.2, 0.25) is 0 Å². The molecule has 0 atom stereocenters. The van der Waals surface area contributed by atoms with Gasteiger partial charge in [0, 0.05) is 31.0 Å². The quantitative estimate of drug-likeness (QED) is 0.463. The number of carbonyl (C=O) groups excluding carboxylic acids is 4. The topological polar surface area (TPSA) is 102 Å². The number of hydrogen-bond acceptors (Lipinski definition) is 7. The Hall–Kier alpha value is -2.55. The van der Waals surface area contributed by atoms with E-state index in [0.29, 0.717) is 17.1 Å². The number of carbonyl (C=O) groups is 4. The Kier molecular flexibility index (Phi) is 9.35. The van der Waals surface area contributed by atoms with Crippen LogP contribution in [0.3, 0.4) is 0 Å². The van der Waals surface area contributed by atoms with Crippen LogP contribution in [0.15, 0.2) is 18.2 Å². The van der Waals surface area contributed by atoms with Gasteiger partial charge < -0.3 is 19.7 Å². The van der Waals surface area contributed by atoms with E-state index in [1.165, 1.54) is 30.7 Å². The first-order valence-corrected chi connectivity index (χ1v) is 9.28. The molecule has 9 heteroatoms. The van der Waals surface area contributed by atoms with Crippen molar-refractivity contribution in [2.24, 2.45) is 0 Å². The number of amides is 2. The maximum atomic E-state index is 11.7. The van der Waals surface area contributed by atoms with Crippen molar-refractivity contribution in [2.75, 3.05) is 40.1 Å². The summed E-state index contributed by atoms with van der Waals surface area (Å²) in [5.41, 5.74) is 1.36. The fourth-order valence-electron chi connectivity index (χ4n) is 1.93. The highest BCUT2D eigenvalue weighted by Crippen LogP contribution is 2.24. The average Bonchev–Trinajstić information content (AvgIpc) is 2.63. The lowest BCUT2D eigenvalue weighted by molar-refractivity contribution is -0.146. The summed E-state index contributed by atoms with van der Waals surface area (Å²) in [6.45, 7) is 0.890. The van der Waals surface area contributed by atoms with E-state index in [2.05, 4.69) is 5.32 Å². The van der Waals surface area contributed by atoms with Gasteiger partial charge in [0.05, 0.1) is 19.4 Å². The third kappa shape index (κ3) is 8.12. The number of nitrogens with one attached hydrogen (secondary N) is 1. The summed E-state index contributed by atoms with van der Waals surface area (Å²) in [5, 5.41) is 2.37. The fourth-order valence-corrected chi connectivity index (χ4v) is 2.72. The van der Waals surface area contributed by atoms with Gasteiger partial charge in [-0.15, -0.1) is 11.8 Å². The van der Waals surface area contributed by atoms with Crippen molar-refractivity contribution in [2.45, 2.75) is 12.7 Å². The second-order valence-corrected chi connectivity index (χ2v) is 6.79. The molecule has 8 nitrogen and oxygen atoms in total. The van der Waals surface area contributed by atoms with E-state index in [0.717, 1.165) is 5.56 Å². The van der Waals surface area contributed by atoms with Gasteiger partial charge in [0.2, 0.25) is 5.91 Å². The Morgan fingerprint density at radius 1 is 1.19 bits per heavy atom. The molecule has 27 heavy (non-hydrogen) atoms. The first-order valence-electron chi connectivity index (χ1n) is 8.12. The Balaban J connectivity index is 2.39. The zero-order valence-corrected chi connectivity index (χ0v) is 16.7. The summed E-state index contributed by atoms with van der Waals surface area (Å²) in [5.74, 6) is -0.282. The van der Waals surface area contributed by atoms with Crippen LogP contribution in [-0.4, -0.2) is 68.6 Å². The predicted octanol–water partition coefficient (Wildman–Crippen LogP) is 0.879. The number of benzene rings is 1. The number of hydrogen-bond donors (Lipinski definition) is 1. The number of ether oxygens (including phenoxy) is 2. The van der Waals surface area contributed by atoms with Crippen LogP contribution in [0.5, 0.6) is 5.75 Å². The van der Waals surface area contributed by atoms with Crippen LogP contribution in [0.4, 0.5) is 0 Å². The van der Waals surface area contributed by atoms with Gasteiger partial charge in [-0.3, -0.25) is 19.2 Å². The molecule has 2 amide bonds. The van der Waals surface area contributed by atoms with Gasteiger partial charge >= 0.3 is 5.97 Å². The number of likely N-dealkylation sites (N-methyl/N-ethyl adjacent to an activating group) is 1. The van der Waals surface area contributed by atoms with E-state index in [1.54, 1.807) is 32.3 Å². The molecule has 0 unspecified atom stereocenters. The molecule has 0 saturated carbocycles. The summed E-state index contributed by atoms with van der Waals surface area (Å²) in [4.78, 5) is 47.4. The number of methoxy groups -OCH3 is 1. The molecule has 0 saturated heterocycles. The smallest absolute Gasteiger partial charge is 0.316 e. The molecule has 0 radical (unpaired) electrons. The van der Waals surface area contributed by atoms with Gasteiger partial charge in [0.25, 0.3) is 5.91 Å². The molecule has 1 N–H and O–H groups in total. The molecule has 0 bridgehead atoms. The normalized spacial score (nSPS) is 10.1. The lowest BCUT2D eigenvalue weighted by Gasteiger charge is -2.11. The fraction of sp³-hybridized carbons (Fsp3) is 0.444. The van der Waals surface area contributed by atoms with E-state index in [9.17, 15) is 19.2 Å². The highest BCUT2D eigenvalue weighted by atomic mass is 32.2. The van der Waals surface area contributed by atoms with Crippen LogP contribution >= 0.6 is 11.8 Å². The third-order valence-corrected chi connectivity index (χ3v) is 4.42. The molecule has 1 aromatic rings. The summed E-state index contributed by atoms with van der Waals surface area (Å²) in [6, 6.07) is 5.13. The summed E-state index contributed by atoms with van der Waals surface area (Å²) < 4.78 is 10.1. The van der Waals surface area contributed by atoms with Crippen LogP contribution in [0, 0.1) is 0 Å². The minimum absolute atomic E-state index is 0.0390. The van der Waals surface area contributed by atoms with Crippen molar-refractivity contribution >= 4 is 35.3 Å². The van der Waals surface area contributed by atoms with Gasteiger partial charge in [-0.25, -0.2) is 0 Å². The predicted molar refractivity (Wildman–Crippen MR) is 102 cm³/mol. The molecular formula is C18H24N2O6S. The Morgan fingerprint density at radius 3 is 2.48 bits per heavy atom. The standard InChI is InChI=1S/C18H24N2O6S/c1-12(21)13-5-6-15(25-4)14(7-13)10-27-11-18(24)26-9-16(22)19-8-17(23)20(2)3/h5-7H,8-11H2,1-4H3,(H,19,22). The Bertz CT molecular complexity index is 705. The molecule has 1 rings (SSSR count). The van der Waals surface area contributed by atoms with E-state index < -0.39 is 18.5 Å². The van der Waals surface area contributed by atoms with Gasteiger partial charge in [0.15, 0.2) is 12.4 Å². The van der Waals surface area contributed by atoms with Crippen LogP contribution in [-0.2, 0) is 24.9 Å². The van der Waals surface area contributed by atoms with Crippen LogP contribution in [0.1, 0.15) is 22.8 Å². The minimum atomic E-state index is -0.546. The van der Waals surface area contributed by atoms with Gasteiger partial charge in [-0.2, -0.15) is 0 Å². The first kappa shape index (κ1) is 22.5. The summed E-state index contributed by atoms with van der Waals surface area (Å²) in [6.07, 6.45) is 0. The number of ketones is 1. The van der Waals surface area contributed by atoms with Gasteiger partial charge in [-0.05, 0) is 25.1 Å². The van der Waals surface area contributed by atoms with Crippen molar-refractivity contribution < 1.29 is 28.7 Å². The van der Waals surface area contributed by atoms with E-state index >= 15 is 0 Å².